The van der Waals surface area contributed by atoms with Crippen LogP contribution in [0.15, 0.2) is 54.6 Å². The second kappa shape index (κ2) is 9.30. The van der Waals surface area contributed by atoms with Crippen LogP contribution in [0.1, 0.15) is 41.8 Å². The predicted molar refractivity (Wildman–Crippen MR) is 128 cm³/mol. The summed E-state index contributed by atoms with van der Waals surface area (Å²) in [7, 11) is -3.26. The Labute approximate surface area is 189 Å². The van der Waals surface area contributed by atoms with Crippen molar-refractivity contribution in [2.75, 3.05) is 24.2 Å². The number of rotatable bonds is 7. The van der Waals surface area contributed by atoms with E-state index in [1.807, 2.05) is 68.4 Å². The Balaban J connectivity index is 1.63. The van der Waals surface area contributed by atoms with Gasteiger partial charge < -0.3 is 10.1 Å². The lowest BCUT2D eigenvalue weighted by atomic mass is 10.00. The zero-order valence-electron chi connectivity index (χ0n) is 18.4. The topological polar surface area (TPSA) is 75.7 Å². The molecule has 0 fully saturated rings. The summed E-state index contributed by atoms with van der Waals surface area (Å²) in [6, 6.07) is 17.2. The lowest BCUT2D eigenvalue weighted by molar-refractivity contribution is 0.102. The molecule has 4 rings (SSSR count). The SMILES string of the molecule is CCCS(=O)(=O)N1CCc2ccc(NC(=O)c3c(OCC)ccc4ccccc34)cc2C1. The van der Waals surface area contributed by atoms with E-state index in [2.05, 4.69) is 5.32 Å². The normalized spacial score (nSPS) is 14.2. The number of benzene rings is 3. The molecule has 1 amide bonds. The van der Waals surface area contributed by atoms with Crippen molar-refractivity contribution in [3.63, 3.8) is 0 Å². The number of nitrogens with one attached hydrogen (secondary N) is 1. The number of carbonyl (C=O) groups is 1. The van der Waals surface area contributed by atoms with Gasteiger partial charge in [-0.05, 0) is 59.9 Å². The van der Waals surface area contributed by atoms with E-state index in [0.29, 0.717) is 49.5 Å². The maximum absolute atomic E-state index is 13.3. The van der Waals surface area contributed by atoms with Gasteiger partial charge in [-0.2, -0.15) is 4.31 Å². The number of amides is 1. The summed E-state index contributed by atoms with van der Waals surface area (Å²) in [4.78, 5) is 13.3. The number of anilines is 1. The molecular formula is C25H28N2O4S. The van der Waals surface area contributed by atoms with Gasteiger partial charge in [0.05, 0.1) is 17.9 Å². The molecule has 0 bridgehead atoms. The fourth-order valence-corrected chi connectivity index (χ4v) is 5.67. The molecule has 7 heteroatoms. The summed E-state index contributed by atoms with van der Waals surface area (Å²) in [5, 5.41) is 4.78. The van der Waals surface area contributed by atoms with Crippen LogP contribution in [0, 0.1) is 0 Å². The van der Waals surface area contributed by atoms with E-state index in [-0.39, 0.29) is 11.7 Å². The molecule has 0 saturated heterocycles. The molecule has 6 nitrogen and oxygen atoms in total. The smallest absolute Gasteiger partial charge is 0.260 e. The van der Waals surface area contributed by atoms with Crippen LogP contribution in [0.25, 0.3) is 10.8 Å². The third kappa shape index (κ3) is 4.49. The lowest BCUT2D eigenvalue weighted by Crippen LogP contribution is -2.37. The van der Waals surface area contributed by atoms with Crippen molar-refractivity contribution in [2.24, 2.45) is 0 Å². The van der Waals surface area contributed by atoms with Gasteiger partial charge in [0, 0.05) is 18.8 Å². The first kappa shape index (κ1) is 22.3. The number of hydrogen-bond acceptors (Lipinski definition) is 4. The average molecular weight is 453 g/mol. The zero-order chi connectivity index (χ0) is 22.7. The van der Waals surface area contributed by atoms with E-state index in [0.717, 1.165) is 21.9 Å². The van der Waals surface area contributed by atoms with Gasteiger partial charge in [0.2, 0.25) is 10.0 Å². The van der Waals surface area contributed by atoms with Gasteiger partial charge >= 0.3 is 0 Å². The van der Waals surface area contributed by atoms with Crippen molar-refractivity contribution in [1.82, 2.24) is 4.31 Å². The molecule has 0 radical (unpaired) electrons. The molecule has 0 atom stereocenters. The number of ether oxygens (including phenoxy) is 1. The Morgan fingerprint density at radius 3 is 2.66 bits per heavy atom. The Morgan fingerprint density at radius 1 is 1.06 bits per heavy atom. The number of sulfonamides is 1. The minimum absolute atomic E-state index is 0.153. The number of hydrogen-bond donors (Lipinski definition) is 1. The van der Waals surface area contributed by atoms with E-state index in [9.17, 15) is 13.2 Å². The highest BCUT2D eigenvalue weighted by Crippen LogP contribution is 2.30. The van der Waals surface area contributed by atoms with E-state index < -0.39 is 10.0 Å². The largest absolute Gasteiger partial charge is 0.493 e. The Bertz CT molecular complexity index is 1250. The van der Waals surface area contributed by atoms with Crippen LogP contribution in [-0.4, -0.2) is 37.5 Å². The third-order valence-corrected chi connectivity index (χ3v) is 7.74. The average Bonchev–Trinajstić information content (AvgIpc) is 2.78. The van der Waals surface area contributed by atoms with Gasteiger partial charge in [0.15, 0.2) is 0 Å². The number of nitrogens with zero attached hydrogens (tertiary/aromatic N) is 1. The zero-order valence-corrected chi connectivity index (χ0v) is 19.2. The van der Waals surface area contributed by atoms with Crippen LogP contribution in [0.2, 0.25) is 0 Å². The van der Waals surface area contributed by atoms with Crippen LogP contribution < -0.4 is 10.1 Å². The molecule has 1 aliphatic heterocycles. The Hall–Kier alpha value is -2.90. The summed E-state index contributed by atoms with van der Waals surface area (Å²) in [5.41, 5.74) is 3.18. The van der Waals surface area contributed by atoms with E-state index >= 15 is 0 Å². The summed E-state index contributed by atoms with van der Waals surface area (Å²) in [5.74, 6) is 0.440. The quantitative estimate of drug-likeness (QED) is 0.569. The molecule has 1 heterocycles. The second-order valence-corrected chi connectivity index (χ2v) is 10.0. The van der Waals surface area contributed by atoms with Crippen LogP contribution in [-0.2, 0) is 23.0 Å². The second-order valence-electron chi connectivity index (χ2n) is 7.93. The molecule has 3 aromatic carbocycles. The van der Waals surface area contributed by atoms with Gasteiger partial charge in [-0.3, -0.25) is 4.79 Å². The molecule has 3 aromatic rings. The molecule has 168 valence electrons. The van der Waals surface area contributed by atoms with Crippen molar-refractivity contribution in [3.05, 3.63) is 71.3 Å². The lowest BCUT2D eigenvalue weighted by Gasteiger charge is -2.28. The monoisotopic (exact) mass is 452 g/mol. The molecule has 1 aliphatic rings. The van der Waals surface area contributed by atoms with Gasteiger partial charge in [-0.25, -0.2) is 8.42 Å². The van der Waals surface area contributed by atoms with Gasteiger partial charge in [0.1, 0.15) is 5.75 Å². The van der Waals surface area contributed by atoms with Crippen molar-refractivity contribution in [3.8, 4) is 5.75 Å². The molecule has 0 aliphatic carbocycles. The molecule has 0 spiro atoms. The van der Waals surface area contributed by atoms with Crippen molar-refractivity contribution >= 4 is 32.4 Å². The fraction of sp³-hybridized carbons (Fsp3) is 0.320. The minimum atomic E-state index is -3.26. The standard InChI is InChI=1S/C25H28N2O4S/c1-3-15-32(29,30)27-14-13-18-9-11-21(16-20(18)17-27)26-25(28)24-22-8-6-5-7-19(22)10-12-23(24)31-4-2/h5-12,16H,3-4,13-15,17H2,1-2H3,(H,26,28). The predicted octanol–water partition coefficient (Wildman–Crippen LogP) is 4.59. The van der Waals surface area contributed by atoms with Crippen LogP contribution in [0.5, 0.6) is 5.75 Å². The highest BCUT2D eigenvalue weighted by Gasteiger charge is 2.26. The first-order valence-corrected chi connectivity index (χ1v) is 12.6. The van der Waals surface area contributed by atoms with Crippen LogP contribution >= 0.6 is 0 Å². The maximum Gasteiger partial charge on any atom is 0.260 e. The molecule has 0 unspecified atom stereocenters. The fourth-order valence-electron chi connectivity index (χ4n) is 4.19. The summed E-state index contributed by atoms with van der Waals surface area (Å²) in [6.45, 7) is 5.04. The van der Waals surface area contributed by atoms with Crippen molar-refractivity contribution in [1.29, 1.82) is 0 Å². The first-order valence-electron chi connectivity index (χ1n) is 11.0. The Morgan fingerprint density at radius 2 is 1.88 bits per heavy atom. The van der Waals surface area contributed by atoms with E-state index in [4.69, 9.17) is 4.74 Å². The molecule has 0 aromatic heterocycles. The van der Waals surface area contributed by atoms with E-state index in [1.165, 1.54) is 0 Å². The Kier molecular flexibility index (Phi) is 6.48. The molecular weight excluding hydrogens is 424 g/mol. The van der Waals surface area contributed by atoms with Gasteiger partial charge in [-0.1, -0.05) is 43.3 Å². The summed E-state index contributed by atoms with van der Waals surface area (Å²) < 4.78 is 32.3. The van der Waals surface area contributed by atoms with Crippen LogP contribution in [0.4, 0.5) is 5.69 Å². The first-order chi connectivity index (χ1) is 15.4. The minimum Gasteiger partial charge on any atom is -0.493 e. The van der Waals surface area contributed by atoms with Crippen molar-refractivity contribution in [2.45, 2.75) is 33.2 Å². The third-order valence-electron chi connectivity index (χ3n) is 5.71. The highest BCUT2D eigenvalue weighted by atomic mass is 32.2. The summed E-state index contributed by atoms with van der Waals surface area (Å²) >= 11 is 0. The van der Waals surface area contributed by atoms with Gasteiger partial charge in [-0.15, -0.1) is 0 Å². The highest BCUT2D eigenvalue weighted by molar-refractivity contribution is 7.89. The number of fused-ring (bicyclic) bond motifs is 2. The summed E-state index contributed by atoms with van der Waals surface area (Å²) in [6.07, 6.45) is 1.26. The maximum atomic E-state index is 13.3. The molecule has 0 saturated carbocycles. The van der Waals surface area contributed by atoms with Crippen LogP contribution in [0.3, 0.4) is 0 Å². The van der Waals surface area contributed by atoms with Gasteiger partial charge in [0.25, 0.3) is 5.91 Å². The van der Waals surface area contributed by atoms with E-state index in [1.54, 1.807) is 4.31 Å². The van der Waals surface area contributed by atoms with Crippen molar-refractivity contribution < 1.29 is 17.9 Å². The molecule has 1 N–H and O–H groups in total. The number of carbonyl (C=O) groups excluding carboxylic acids is 1. The molecule has 32 heavy (non-hydrogen) atoms.